The van der Waals surface area contributed by atoms with E-state index >= 15 is 0 Å². The maximum Gasteiger partial charge on any atom is 0.418 e. The van der Waals surface area contributed by atoms with Crippen LogP contribution < -0.4 is 5.32 Å². The molecule has 1 amide bonds. The molecule has 2 aromatic rings. The number of carbonyl (C=O) groups excluding carboxylic acids is 1. The highest BCUT2D eigenvalue weighted by Crippen LogP contribution is 2.36. The summed E-state index contributed by atoms with van der Waals surface area (Å²) in [7, 11) is 0. The lowest BCUT2D eigenvalue weighted by Gasteiger charge is -2.13. The van der Waals surface area contributed by atoms with Gasteiger partial charge in [0.05, 0.1) is 16.2 Å². The zero-order chi connectivity index (χ0) is 19.5. The number of nitrogens with zero attached hydrogens (tertiary/aromatic N) is 1. The smallest absolute Gasteiger partial charge is 0.322 e. The van der Waals surface area contributed by atoms with Crippen LogP contribution in [0.25, 0.3) is 6.08 Å². The van der Waals surface area contributed by atoms with Crippen molar-refractivity contribution in [1.82, 2.24) is 0 Å². The number of alkyl halides is 3. The number of rotatable bonds is 4. The highest BCUT2D eigenvalue weighted by molar-refractivity contribution is 6.32. The van der Waals surface area contributed by atoms with Crippen LogP contribution in [0.5, 0.6) is 0 Å². The van der Waals surface area contributed by atoms with Gasteiger partial charge in [0, 0.05) is 17.2 Å². The quantitative estimate of drug-likeness (QED) is 0.411. The van der Waals surface area contributed by atoms with Crippen LogP contribution in [0.4, 0.5) is 24.5 Å². The summed E-state index contributed by atoms with van der Waals surface area (Å²) < 4.78 is 38.9. The number of nitro groups is 1. The molecule has 0 unspecified atom stereocenters. The van der Waals surface area contributed by atoms with Gasteiger partial charge in [-0.05, 0) is 35.9 Å². The lowest BCUT2D eigenvalue weighted by Crippen LogP contribution is -2.14. The summed E-state index contributed by atoms with van der Waals surface area (Å²) in [6, 6.07) is 6.77. The van der Waals surface area contributed by atoms with E-state index in [0.29, 0.717) is 6.07 Å². The fraction of sp³-hybridized carbons (Fsp3) is 0.0625. The zero-order valence-corrected chi connectivity index (χ0v) is 14.2. The Morgan fingerprint density at radius 3 is 2.46 bits per heavy atom. The SMILES string of the molecule is O=C(C=Cc1ccc(Cl)c([N+](=O)[O-])c1)Nc1ccc(Cl)cc1C(F)(F)F. The minimum atomic E-state index is -4.70. The van der Waals surface area contributed by atoms with E-state index in [4.69, 9.17) is 23.2 Å². The third-order valence-electron chi connectivity index (χ3n) is 3.14. The minimum absolute atomic E-state index is 0.0763. The van der Waals surface area contributed by atoms with Crippen molar-refractivity contribution in [3.05, 3.63) is 73.8 Å². The second-order valence-electron chi connectivity index (χ2n) is 4.98. The Morgan fingerprint density at radius 2 is 1.85 bits per heavy atom. The summed E-state index contributed by atoms with van der Waals surface area (Å²) in [6.07, 6.45) is -2.54. The van der Waals surface area contributed by atoms with Crippen LogP contribution in [0.3, 0.4) is 0 Å². The Hall–Kier alpha value is -2.58. The largest absolute Gasteiger partial charge is 0.418 e. The first-order valence-electron chi connectivity index (χ1n) is 6.87. The molecule has 0 heterocycles. The predicted octanol–water partition coefficient (Wildman–Crippen LogP) is 5.57. The number of benzene rings is 2. The summed E-state index contributed by atoms with van der Waals surface area (Å²) in [5.74, 6) is -0.851. The molecular weight excluding hydrogens is 396 g/mol. The number of carbonyl (C=O) groups is 1. The number of halogens is 5. The van der Waals surface area contributed by atoms with Crippen LogP contribution in [0.2, 0.25) is 10.0 Å². The fourth-order valence-corrected chi connectivity index (χ4v) is 2.34. The van der Waals surface area contributed by atoms with Crippen LogP contribution in [0, 0.1) is 10.1 Å². The number of nitro benzene ring substituents is 1. The van der Waals surface area contributed by atoms with Gasteiger partial charge in [-0.2, -0.15) is 13.2 Å². The maximum absolute atomic E-state index is 13.0. The normalized spacial score (nSPS) is 11.6. The monoisotopic (exact) mass is 404 g/mol. The molecule has 0 spiro atoms. The van der Waals surface area contributed by atoms with Crippen molar-refractivity contribution >= 4 is 46.6 Å². The Bertz CT molecular complexity index is 899. The molecule has 0 saturated heterocycles. The molecule has 136 valence electrons. The summed E-state index contributed by atoms with van der Waals surface area (Å²) in [4.78, 5) is 22.0. The number of hydrogen-bond acceptors (Lipinski definition) is 3. The van der Waals surface area contributed by atoms with Gasteiger partial charge in [0.15, 0.2) is 0 Å². The summed E-state index contributed by atoms with van der Waals surface area (Å²) in [5.41, 5.74) is -1.62. The molecule has 2 rings (SSSR count). The Labute approximate surface area is 155 Å². The van der Waals surface area contributed by atoms with Crippen molar-refractivity contribution in [2.24, 2.45) is 0 Å². The molecule has 2 aromatic carbocycles. The first-order valence-corrected chi connectivity index (χ1v) is 7.63. The average Bonchev–Trinajstić information content (AvgIpc) is 2.54. The van der Waals surface area contributed by atoms with Crippen molar-refractivity contribution in [1.29, 1.82) is 0 Å². The molecule has 0 bridgehead atoms. The van der Waals surface area contributed by atoms with Crippen molar-refractivity contribution in [3.8, 4) is 0 Å². The Morgan fingerprint density at radius 1 is 1.15 bits per heavy atom. The molecule has 0 aliphatic rings. The van der Waals surface area contributed by atoms with E-state index in [-0.39, 0.29) is 21.3 Å². The predicted molar refractivity (Wildman–Crippen MR) is 92.2 cm³/mol. The molecule has 5 nitrogen and oxygen atoms in total. The molecule has 0 aliphatic carbocycles. The van der Waals surface area contributed by atoms with E-state index in [9.17, 15) is 28.1 Å². The van der Waals surface area contributed by atoms with E-state index in [1.807, 2.05) is 0 Å². The third-order valence-corrected chi connectivity index (χ3v) is 3.69. The van der Waals surface area contributed by atoms with Crippen LogP contribution in [-0.4, -0.2) is 10.8 Å². The first-order chi connectivity index (χ1) is 12.1. The second-order valence-corrected chi connectivity index (χ2v) is 5.82. The molecule has 10 heteroatoms. The zero-order valence-electron chi connectivity index (χ0n) is 12.7. The van der Waals surface area contributed by atoms with Crippen molar-refractivity contribution in [2.75, 3.05) is 5.32 Å². The van der Waals surface area contributed by atoms with E-state index < -0.39 is 28.3 Å². The molecule has 1 N–H and O–H groups in total. The van der Waals surface area contributed by atoms with Crippen LogP contribution in [0.15, 0.2) is 42.5 Å². The van der Waals surface area contributed by atoms with Gasteiger partial charge < -0.3 is 5.32 Å². The molecule has 0 fully saturated rings. The van der Waals surface area contributed by atoms with Gasteiger partial charge in [0.25, 0.3) is 5.69 Å². The average molecular weight is 405 g/mol. The van der Waals surface area contributed by atoms with Gasteiger partial charge in [-0.3, -0.25) is 14.9 Å². The lowest BCUT2D eigenvalue weighted by atomic mass is 10.1. The standard InChI is InChI=1S/C16H9Cl2F3N2O3/c17-10-3-5-13(11(8-10)16(19,20)21)22-15(24)6-2-9-1-4-12(18)14(7-9)23(25)26/h1-8H,(H,22,24). The molecule has 26 heavy (non-hydrogen) atoms. The maximum atomic E-state index is 13.0. The number of nitrogens with one attached hydrogen (secondary N) is 1. The molecular formula is C16H9Cl2F3N2O3. The summed E-state index contributed by atoms with van der Waals surface area (Å²) >= 11 is 11.2. The molecule has 0 saturated carbocycles. The molecule has 0 atom stereocenters. The number of hydrogen-bond donors (Lipinski definition) is 1. The van der Waals surface area contributed by atoms with E-state index in [1.54, 1.807) is 0 Å². The number of amides is 1. The molecule has 0 aromatic heterocycles. The summed E-state index contributed by atoms with van der Waals surface area (Å²) in [5, 5.41) is 12.7. The van der Waals surface area contributed by atoms with Crippen molar-refractivity contribution < 1.29 is 22.9 Å². The van der Waals surface area contributed by atoms with Gasteiger partial charge in [0.1, 0.15) is 5.02 Å². The minimum Gasteiger partial charge on any atom is -0.322 e. The van der Waals surface area contributed by atoms with E-state index in [2.05, 4.69) is 5.32 Å². The van der Waals surface area contributed by atoms with Crippen molar-refractivity contribution in [2.45, 2.75) is 6.18 Å². The highest BCUT2D eigenvalue weighted by atomic mass is 35.5. The summed E-state index contributed by atoms with van der Waals surface area (Å²) in [6.45, 7) is 0. The van der Waals surface area contributed by atoms with Gasteiger partial charge in [-0.1, -0.05) is 29.3 Å². The second kappa shape index (κ2) is 7.76. The van der Waals surface area contributed by atoms with Crippen LogP contribution in [-0.2, 0) is 11.0 Å². The Kier molecular flexibility index (Phi) is 5.89. The van der Waals surface area contributed by atoms with Gasteiger partial charge in [0.2, 0.25) is 5.91 Å². The van der Waals surface area contributed by atoms with Crippen LogP contribution >= 0.6 is 23.2 Å². The van der Waals surface area contributed by atoms with Gasteiger partial charge in [-0.25, -0.2) is 0 Å². The fourth-order valence-electron chi connectivity index (χ4n) is 1.98. The van der Waals surface area contributed by atoms with Crippen LogP contribution in [0.1, 0.15) is 11.1 Å². The Balaban J connectivity index is 2.21. The molecule has 0 radical (unpaired) electrons. The van der Waals surface area contributed by atoms with Gasteiger partial charge in [-0.15, -0.1) is 0 Å². The highest BCUT2D eigenvalue weighted by Gasteiger charge is 2.34. The van der Waals surface area contributed by atoms with E-state index in [1.165, 1.54) is 24.3 Å². The first kappa shape index (κ1) is 19.7. The van der Waals surface area contributed by atoms with Gasteiger partial charge >= 0.3 is 6.18 Å². The topological polar surface area (TPSA) is 72.2 Å². The van der Waals surface area contributed by atoms with E-state index in [0.717, 1.165) is 18.2 Å². The molecule has 0 aliphatic heterocycles. The third kappa shape index (κ3) is 4.96. The lowest BCUT2D eigenvalue weighted by molar-refractivity contribution is -0.384. The van der Waals surface area contributed by atoms with Crippen molar-refractivity contribution in [3.63, 3.8) is 0 Å². The number of anilines is 1.